The average molecular weight is 624 g/mol. The lowest BCUT2D eigenvalue weighted by Gasteiger charge is -2.41. The van der Waals surface area contributed by atoms with E-state index in [2.05, 4.69) is 18.5 Å². The second kappa shape index (κ2) is 14.3. The molecule has 246 valence electrons. The third kappa shape index (κ3) is 6.45. The normalized spacial score (nSPS) is 27.2. The van der Waals surface area contributed by atoms with E-state index in [1.807, 2.05) is 58.0 Å². The van der Waals surface area contributed by atoms with Crippen molar-refractivity contribution in [2.24, 2.45) is 17.8 Å². The third-order valence-corrected chi connectivity index (χ3v) is 9.58. The van der Waals surface area contributed by atoms with Gasteiger partial charge in [-0.3, -0.25) is 19.2 Å². The Balaban J connectivity index is 1.70. The van der Waals surface area contributed by atoms with E-state index >= 15 is 0 Å². The fourth-order valence-electron chi connectivity index (χ4n) is 7.41. The van der Waals surface area contributed by atoms with Crippen LogP contribution < -0.4 is 5.32 Å². The van der Waals surface area contributed by atoms with Crippen LogP contribution in [0.25, 0.3) is 0 Å². The van der Waals surface area contributed by atoms with Gasteiger partial charge in [0.1, 0.15) is 17.7 Å². The van der Waals surface area contributed by atoms with Gasteiger partial charge in [-0.25, -0.2) is 0 Å². The highest BCUT2D eigenvalue weighted by Crippen LogP contribution is 2.59. The molecule has 0 saturated carbocycles. The molecule has 4 rings (SSSR count). The lowest BCUT2D eigenvalue weighted by atomic mass is 9.70. The number of rotatable bonds is 15. The molecule has 0 aliphatic carbocycles. The van der Waals surface area contributed by atoms with E-state index in [0.29, 0.717) is 24.8 Å². The summed E-state index contributed by atoms with van der Waals surface area (Å²) in [5.41, 5.74) is -0.530. The van der Waals surface area contributed by atoms with Crippen LogP contribution in [-0.4, -0.2) is 87.6 Å². The molecule has 3 amide bonds. The summed E-state index contributed by atoms with van der Waals surface area (Å²) in [7, 11) is 0. The van der Waals surface area contributed by atoms with Gasteiger partial charge in [0.15, 0.2) is 0 Å². The smallest absolute Gasteiger partial charge is 0.313 e. The number of aliphatic hydroxyl groups excluding tert-OH is 1. The molecular formula is C35H49N3O7. The molecule has 1 spiro atoms. The van der Waals surface area contributed by atoms with E-state index in [9.17, 15) is 24.3 Å². The number of allylic oxidation sites excluding steroid dienone is 1. The Morgan fingerprint density at radius 2 is 1.84 bits per heavy atom. The van der Waals surface area contributed by atoms with Gasteiger partial charge < -0.3 is 29.7 Å². The number of hydrogen-bond acceptors (Lipinski definition) is 7. The molecule has 10 heteroatoms. The Bertz CT molecular complexity index is 1270. The summed E-state index contributed by atoms with van der Waals surface area (Å²) in [4.78, 5) is 58.8. The van der Waals surface area contributed by atoms with Crippen molar-refractivity contribution >= 4 is 23.7 Å². The highest BCUT2D eigenvalue weighted by atomic mass is 16.6. The Morgan fingerprint density at radius 3 is 2.42 bits per heavy atom. The molecule has 3 saturated heterocycles. The van der Waals surface area contributed by atoms with Crippen LogP contribution in [0.15, 0.2) is 55.6 Å². The van der Waals surface area contributed by atoms with Gasteiger partial charge in [-0.2, -0.15) is 0 Å². The average Bonchev–Trinajstić information content (AvgIpc) is 3.65. The summed E-state index contributed by atoms with van der Waals surface area (Å²) in [6, 6.07) is 6.78. The number of carbonyl (C=O) groups is 4. The van der Waals surface area contributed by atoms with Crippen LogP contribution in [0.1, 0.15) is 72.0 Å². The number of ether oxygens (including phenoxy) is 2. The number of esters is 1. The van der Waals surface area contributed by atoms with Crippen LogP contribution in [0.4, 0.5) is 0 Å². The van der Waals surface area contributed by atoms with Crippen LogP contribution in [0, 0.1) is 17.8 Å². The molecule has 0 aromatic heterocycles. The van der Waals surface area contributed by atoms with Crippen LogP contribution in [-0.2, 0) is 28.7 Å². The number of benzene rings is 1. The lowest BCUT2D eigenvalue weighted by molar-refractivity contribution is -0.163. The first kappa shape index (κ1) is 34.4. The van der Waals surface area contributed by atoms with Crippen molar-refractivity contribution in [2.45, 2.75) is 102 Å². The second-order valence-electron chi connectivity index (χ2n) is 13.1. The Kier molecular flexibility index (Phi) is 10.9. The van der Waals surface area contributed by atoms with E-state index in [1.165, 1.54) is 4.90 Å². The number of nitrogens with zero attached hydrogens (tertiary/aromatic N) is 2. The molecule has 3 fully saturated rings. The predicted molar refractivity (Wildman–Crippen MR) is 170 cm³/mol. The SMILES string of the molecule is C=CCCC(=O)N[C@H](C)[C@@H](OC(=O)[C@@H]1[C@@H]2CC[C@]3(O2)[C@H](C(=O)N(CC=C)C(C)C)N([C@@H](CO)C(C)C)C(=O)[C@@H]13)c1ccccc1. The largest absolute Gasteiger partial charge is 0.455 e. The number of hydrogen-bond donors (Lipinski definition) is 2. The molecule has 3 aliphatic heterocycles. The Labute approximate surface area is 266 Å². The van der Waals surface area contributed by atoms with Crippen molar-refractivity contribution in [3.8, 4) is 0 Å². The van der Waals surface area contributed by atoms with E-state index in [0.717, 1.165) is 0 Å². The fourth-order valence-corrected chi connectivity index (χ4v) is 7.41. The topological polar surface area (TPSA) is 125 Å². The summed E-state index contributed by atoms with van der Waals surface area (Å²) in [6.07, 6.45) is 3.58. The third-order valence-electron chi connectivity index (χ3n) is 9.58. The second-order valence-corrected chi connectivity index (χ2v) is 13.1. The summed E-state index contributed by atoms with van der Waals surface area (Å²) < 4.78 is 12.8. The zero-order chi connectivity index (χ0) is 33.1. The van der Waals surface area contributed by atoms with Gasteiger partial charge in [0.2, 0.25) is 17.7 Å². The molecule has 1 aromatic carbocycles. The standard InChI is InChI=1S/C35H49N3O7/c1-8-10-16-27(40)36-23(7)30(24-14-12-11-13-15-24)44-34(43)28-26-17-18-35(45-26)29(28)32(41)38(25(20-39)21(3)4)31(35)33(42)37(19-9-2)22(5)6/h8-9,11-15,21-23,25-26,28-31,39H,1-2,10,16-20H2,3-7H3,(H,36,40)/t23-,25+,26+,28-,29-,30-,31+,35-/m1/s1. The van der Waals surface area contributed by atoms with Gasteiger partial charge in [-0.05, 0) is 51.5 Å². The van der Waals surface area contributed by atoms with Crippen LogP contribution >= 0.6 is 0 Å². The Hall–Kier alpha value is -3.50. The molecule has 2 N–H and O–H groups in total. The maximum absolute atomic E-state index is 14.5. The quantitative estimate of drug-likeness (QED) is 0.226. The number of aliphatic hydroxyl groups is 1. The number of likely N-dealkylation sites (tertiary alicyclic amines) is 1. The fraction of sp³-hybridized carbons (Fsp3) is 0.600. The summed E-state index contributed by atoms with van der Waals surface area (Å²) in [5, 5.41) is 13.4. The zero-order valence-corrected chi connectivity index (χ0v) is 27.2. The van der Waals surface area contributed by atoms with Gasteiger partial charge in [-0.15, -0.1) is 13.2 Å². The van der Waals surface area contributed by atoms with Crippen molar-refractivity contribution < 1.29 is 33.8 Å². The number of nitrogens with one attached hydrogen (secondary N) is 1. The molecule has 1 aromatic rings. The molecule has 3 heterocycles. The van der Waals surface area contributed by atoms with Crippen molar-refractivity contribution in [1.82, 2.24) is 15.1 Å². The first-order valence-electron chi connectivity index (χ1n) is 16.1. The van der Waals surface area contributed by atoms with Gasteiger partial charge >= 0.3 is 5.97 Å². The molecule has 3 aliphatic rings. The zero-order valence-electron chi connectivity index (χ0n) is 27.2. The lowest BCUT2D eigenvalue weighted by Crippen LogP contribution is -2.60. The van der Waals surface area contributed by atoms with Gasteiger partial charge in [0.05, 0.1) is 36.6 Å². The first-order valence-corrected chi connectivity index (χ1v) is 16.1. The maximum atomic E-state index is 14.5. The number of carbonyl (C=O) groups excluding carboxylic acids is 4. The van der Waals surface area contributed by atoms with E-state index in [4.69, 9.17) is 9.47 Å². The van der Waals surface area contributed by atoms with Crippen LogP contribution in [0.2, 0.25) is 0 Å². The molecule has 10 nitrogen and oxygen atoms in total. The van der Waals surface area contributed by atoms with Crippen molar-refractivity contribution in [2.75, 3.05) is 13.2 Å². The minimum atomic E-state index is -1.23. The predicted octanol–water partition coefficient (Wildman–Crippen LogP) is 3.56. The molecule has 0 radical (unpaired) electrons. The van der Waals surface area contributed by atoms with Gasteiger partial charge in [0, 0.05) is 19.0 Å². The molecule has 0 unspecified atom stereocenters. The van der Waals surface area contributed by atoms with Crippen LogP contribution in [0.5, 0.6) is 0 Å². The highest BCUT2D eigenvalue weighted by molar-refractivity contribution is 5.98. The van der Waals surface area contributed by atoms with Gasteiger partial charge in [-0.1, -0.05) is 56.3 Å². The summed E-state index contributed by atoms with van der Waals surface area (Å²) in [5.74, 6) is -3.51. The number of amides is 3. The molecule has 2 bridgehead atoms. The molecule has 8 atom stereocenters. The summed E-state index contributed by atoms with van der Waals surface area (Å²) in [6.45, 7) is 16.8. The van der Waals surface area contributed by atoms with E-state index < -0.39 is 53.7 Å². The minimum Gasteiger partial charge on any atom is -0.455 e. The number of fused-ring (bicyclic) bond motifs is 1. The van der Waals surface area contributed by atoms with Crippen LogP contribution in [0.3, 0.4) is 0 Å². The minimum absolute atomic E-state index is 0.160. The summed E-state index contributed by atoms with van der Waals surface area (Å²) >= 11 is 0. The molecular weight excluding hydrogens is 574 g/mol. The van der Waals surface area contributed by atoms with Gasteiger partial charge in [0.25, 0.3) is 0 Å². The maximum Gasteiger partial charge on any atom is 0.313 e. The van der Waals surface area contributed by atoms with E-state index in [-0.39, 0.29) is 49.3 Å². The van der Waals surface area contributed by atoms with Crippen molar-refractivity contribution in [3.05, 3.63) is 61.2 Å². The Morgan fingerprint density at radius 1 is 1.16 bits per heavy atom. The van der Waals surface area contributed by atoms with E-state index in [1.54, 1.807) is 24.0 Å². The highest BCUT2D eigenvalue weighted by Gasteiger charge is 2.76. The monoisotopic (exact) mass is 623 g/mol. The first-order chi connectivity index (χ1) is 21.4. The van der Waals surface area contributed by atoms with Crippen molar-refractivity contribution in [3.63, 3.8) is 0 Å². The van der Waals surface area contributed by atoms with Crippen molar-refractivity contribution in [1.29, 1.82) is 0 Å². The molecule has 45 heavy (non-hydrogen) atoms.